The molecule has 0 spiro atoms. The second-order valence-electron chi connectivity index (χ2n) is 3.77. The molecule has 0 radical (unpaired) electrons. The fraction of sp³-hybridized carbons (Fsp3) is 0.417. The van der Waals surface area contributed by atoms with Crippen LogP contribution in [0.4, 0.5) is 10.1 Å². The molecule has 100 valence electrons. The number of halogens is 2. The normalized spacial score (nSPS) is 12.0. The Balaban J connectivity index is 2.53. The Kier molecular flexibility index (Phi) is 6.07. The third-order valence-electron chi connectivity index (χ3n) is 2.30. The second-order valence-corrected chi connectivity index (χ2v) is 4.63. The van der Waals surface area contributed by atoms with E-state index in [0.29, 0.717) is 23.3 Å². The van der Waals surface area contributed by atoms with Gasteiger partial charge in [0, 0.05) is 23.8 Å². The molecule has 0 aliphatic carbocycles. The van der Waals surface area contributed by atoms with Crippen LogP contribution in [0.15, 0.2) is 22.7 Å². The summed E-state index contributed by atoms with van der Waals surface area (Å²) in [5, 5.41) is 5.72. The van der Waals surface area contributed by atoms with Gasteiger partial charge in [-0.25, -0.2) is 4.39 Å². The molecule has 0 bridgehead atoms. The average Bonchev–Trinajstić information content (AvgIpc) is 2.32. The number of hydrogen-bond donors (Lipinski definition) is 2. The van der Waals surface area contributed by atoms with E-state index in [0.717, 1.165) is 0 Å². The van der Waals surface area contributed by atoms with E-state index in [1.54, 1.807) is 20.1 Å². The van der Waals surface area contributed by atoms with E-state index in [4.69, 9.17) is 4.74 Å². The number of benzene rings is 1. The van der Waals surface area contributed by atoms with E-state index in [1.807, 2.05) is 0 Å². The van der Waals surface area contributed by atoms with E-state index in [1.165, 1.54) is 12.1 Å². The Hall–Kier alpha value is -1.14. The zero-order valence-corrected chi connectivity index (χ0v) is 11.9. The van der Waals surface area contributed by atoms with Gasteiger partial charge in [0.25, 0.3) is 0 Å². The summed E-state index contributed by atoms with van der Waals surface area (Å²) in [6.07, 6.45) is 0. The summed E-state index contributed by atoms with van der Waals surface area (Å²) in [6.45, 7) is 2.67. The molecule has 1 aromatic carbocycles. The minimum absolute atomic E-state index is 0.136. The van der Waals surface area contributed by atoms with Crippen LogP contribution in [0.3, 0.4) is 0 Å². The number of rotatable bonds is 6. The highest BCUT2D eigenvalue weighted by Crippen LogP contribution is 2.23. The van der Waals surface area contributed by atoms with Crippen LogP contribution in [0, 0.1) is 5.82 Å². The summed E-state index contributed by atoms with van der Waals surface area (Å²) in [5.74, 6) is -0.465. The van der Waals surface area contributed by atoms with Gasteiger partial charge in [0.15, 0.2) is 0 Å². The average molecular weight is 319 g/mol. The van der Waals surface area contributed by atoms with Crippen molar-refractivity contribution in [2.24, 2.45) is 0 Å². The minimum atomic E-state index is -0.413. The molecule has 18 heavy (non-hydrogen) atoms. The predicted octanol–water partition coefficient (Wildman–Crippen LogP) is 2.15. The maximum absolute atomic E-state index is 12.9. The first-order chi connectivity index (χ1) is 8.54. The summed E-state index contributed by atoms with van der Waals surface area (Å²) in [5.41, 5.74) is 0.672. The van der Waals surface area contributed by atoms with Crippen molar-refractivity contribution in [3.8, 4) is 0 Å². The van der Waals surface area contributed by atoms with Gasteiger partial charge in [0.1, 0.15) is 11.9 Å². The number of methoxy groups -OCH3 is 1. The molecule has 6 heteroatoms. The topological polar surface area (TPSA) is 50.4 Å². The first-order valence-electron chi connectivity index (χ1n) is 5.53. The lowest BCUT2D eigenvalue weighted by Gasteiger charge is -2.16. The summed E-state index contributed by atoms with van der Waals surface area (Å²) in [6, 6.07) is 3.85. The Morgan fingerprint density at radius 1 is 1.56 bits per heavy atom. The standard InChI is InChI=1S/C12H16BrFN2O2/c1-8(12(17)15-5-6-18-2)16-11-4-3-9(14)7-10(11)13/h3-4,7-8,16H,5-6H2,1-2H3,(H,15,17). The van der Waals surface area contributed by atoms with Gasteiger partial charge in [0.05, 0.1) is 6.61 Å². The van der Waals surface area contributed by atoms with Crippen LogP contribution in [0.2, 0.25) is 0 Å². The zero-order valence-electron chi connectivity index (χ0n) is 10.3. The highest BCUT2D eigenvalue weighted by Gasteiger charge is 2.13. The van der Waals surface area contributed by atoms with Crippen LogP contribution in [0.1, 0.15) is 6.92 Å². The van der Waals surface area contributed by atoms with Crippen molar-refractivity contribution in [3.63, 3.8) is 0 Å². The van der Waals surface area contributed by atoms with Gasteiger partial charge in [-0.1, -0.05) is 0 Å². The Morgan fingerprint density at radius 3 is 2.89 bits per heavy atom. The molecule has 4 nitrogen and oxygen atoms in total. The van der Waals surface area contributed by atoms with Gasteiger partial charge < -0.3 is 15.4 Å². The van der Waals surface area contributed by atoms with Crippen molar-refractivity contribution in [3.05, 3.63) is 28.5 Å². The number of ether oxygens (including phenoxy) is 1. The highest BCUT2D eigenvalue weighted by atomic mass is 79.9. The van der Waals surface area contributed by atoms with Crippen LogP contribution >= 0.6 is 15.9 Å². The third kappa shape index (κ3) is 4.62. The number of carbonyl (C=O) groups is 1. The molecule has 1 rings (SSSR count). The molecule has 0 saturated heterocycles. The molecule has 0 saturated carbocycles. The third-order valence-corrected chi connectivity index (χ3v) is 2.96. The molecule has 1 unspecified atom stereocenters. The number of carbonyl (C=O) groups excluding carboxylic acids is 1. The van der Waals surface area contributed by atoms with Crippen molar-refractivity contribution in [2.75, 3.05) is 25.6 Å². The van der Waals surface area contributed by atoms with Crippen molar-refractivity contribution < 1.29 is 13.9 Å². The monoisotopic (exact) mass is 318 g/mol. The van der Waals surface area contributed by atoms with E-state index >= 15 is 0 Å². The van der Waals surface area contributed by atoms with Gasteiger partial charge in [-0.3, -0.25) is 4.79 Å². The lowest BCUT2D eigenvalue weighted by molar-refractivity contribution is -0.121. The van der Waals surface area contributed by atoms with Gasteiger partial charge in [-0.15, -0.1) is 0 Å². The van der Waals surface area contributed by atoms with Gasteiger partial charge in [-0.2, -0.15) is 0 Å². The number of amides is 1. The maximum Gasteiger partial charge on any atom is 0.242 e. The molecule has 1 atom stereocenters. The van der Waals surface area contributed by atoms with Crippen LogP contribution in [0.25, 0.3) is 0 Å². The van der Waals surface area contributed by atoms with Crippen molar-refractivity contribution in [1.29, 1.82) is 0 Å². The molecule has 0 aliphatic heterocycles. The lowest BCUT2D eigenvalue weighted by Crippen LogP contribution is -2.39. The summed E-state index contributed by atoms with van der Waals surface area (Å²) < 4.78 is 18.3. The Labute approximate surface area is 114 Å². The van der Waals surface area contributed by atoms with Crippen LogP contribution in [0.5, 0.6) is 0 Å². The fourth-order valence-electron chi connectivity index (χ4n) is 1.33. The van der Waals surface area contributed by atoms with Crippen molar-refractivity contribution >= 4 is 27.5 Å². The van der Waals surface area contributed by atoms with Crippen LogP contribution < -0.4 is 10.6 Å². The molecular formula is C12H16BrFN2O2. The van der Waals surface area contributed by atoms with Crippen molar-refractivity contribution in [2.45, 2.75) is 13.0 Å². The number of hydrogen-bond acceptors (Lipinski definition) is 3. The maximum atomic E-state index is 12.9. The molecule has 0 aromatic heterocycles. The molecule has 0 aliphatic rings. The minimum Gasteiger partial charge on any atom is -0.383 e. The molecule has 2 N–H and O–H groups in total. The van der Waals surface area contributed by atoms with E-state index < -0.39 is 6.04 Å². The predicted molar refractivity (Wildman–Crippen MR) is 72.1 cm³/mol. The quantitative estimate of drug-likeness (QED) is 0.790. The molecule has 1 amide bonds. The van der Waals surface area contributed by atoms with Crippen LogP contribution in [-0.4, -0.2) is 32.2 Å². The Bertz CT molecular complexity index is 415. The van der Waals surface area contributed by atoms with E-state index in [2.05, 4.69) is 26.6 Å². The molecule has 0 fully saturated rings. The van der Waals surface area contributed by atoms with Crippen molar-refractivity contribution in [1.82, 2.24) is 5.32 Å². The molecule has 0 heterocycles. The Morgan fingerprint density at radius 2 is 2.28 bits per heavy atom. The SMILES string of the molecule is COCCNC(=O)C(C)Nc1ccc(F)cc1Br. The summed E-state index contributed by atoms with van der Waals surface area (Å²) >= 11 is 3.23. The lowest BCUT2D eigenvalue weighted by atomic mass is 10.2. The number of anilines is 1. The fourth-order valence-corrected chi connectivity index (χ4v) is 1.80. The van der Waals surface area contributed by atoms with E-state index in [-0.39, 0.29) is 11.7 Å². The summed E-state index contributed by atoms with van der Waals surface area (Å²) in [7, 11) is 1.57. The first kappa shape index (κ1) is 14.9. The second kappa shape index (κ2) is 7.33. The largest absolute Gasteiger partial charge is 0.383 e. The highest BCUT2D eigenvalue weighted by molar-refractivity contribution is 9.10. The van der Waals surface area contributed by atoms with E-state index in [9.17, 15) is 9.18 Å². The smallest absolute Gasteiger partial charge is 0.242 e. The molecule has 1 aromatic rings. The van der Waals surface area contributed by atoms with Gasteiger partial charge >= 0.3 is 0 Å². The molecular weight excluding hydrogens is 303 g/mol. The first-order valence-corrected chi connectivity index (χ1v) is 6.32. The van der Waals surface area contributed by atoms with Crippen LogP contribution in [-0.2, 0) is 9.53 Å². The summed E-state index contributed by atoms with van der Waals surface area (Å²) in [4.78, 5) is 11.7. The number of nitrogens with one attached hydrogen (secondary N) is 2. The van der Waals surface area contributed by atoms with Gasteiger partial charge in [0.2, 0.25) is 5.91 Å². The van der Waals surface area contributed by atoms with Gasteiger partial charge in [-0.05, 0) is 41.1 Å². The zero-order chi connectivity index (χ0) is 13.5.